The van der Waals surface area contributed by atoms with Gasteiger partial charge in [-0.15, -0.1) is 0 Å². The van der Waals surface area contributed by atoms with Gasteiger partial charge in [0.2, 0.25) is 5.91 Å². The van der Waals surface area contributed by atoms with Gasteiger partial charge >= 0.3 is 0 Å². The first-order valence-electron chi connectivity index (χ1n) is 5.54. The van der Waals surface area contributed by atoms with Crippen molar-refractivity contribution in [3.8, 4) is 0 Å². The van der Waals surface area contributed by atoms with Crippen molar-refractivity contribution in [1.82, 2.24) is 4.90 Å². The van der Waals surface area contributed by atoms with E-state index in [2.05, 4.69) is 13.8 Å². The van der Waals surface area contributed by atoms with Gasteiger partial charge in [0.1, 0.15) is 0 Å². The zero-order valence-electron chi connectivity index (χ0n) is 9.49. The average Bonchev–Trinajstić information content (AvgIpc) is 2.07. The summed E-state index contributed by atoms with van der Waals surface area (Å²) < 4.78 is 0. The Morgan fingerprint density at radius 3 is 2.64 bits per heavy atom. The van der Waals surface area contributed by atoms with Gasteiger partial charge in [0.15, 0.2) is 0 Å². The molecule has 1 aliphatic rings. The Morgan fingerprint density at radius 1 is 1.50 bits per heavy atom. The number of carbonyl (C=O) groups excluding carboxylic acids is 1. The van der Waals surface area contributed by atoms with E-state index in [1.54, 1.807) is 0 Å². The van der Waals surface area contributed by atoms with Gasteiger partial charge in [-0.25, -0.2) is 0 Å². The number of carbonyl (C=O) groups is 1. The third-order valence-corrected chi connectivity index (χ3v) is 2.99. The molecule has 1 heterocycles. The van der Waals surface area contributed by atoms with Gasteiger partial charge in [-0.05, 0) is 25.2 Å². The fourth-order valence-corrected chi connectivity index (χ4v) is 2.01. The highest BCUT2D eigenvalue weighted by Gasteiger charge is 2.27. The Balaban J connectivity index is 2.51. The lowest BCUT2D eigenvalue weighted by atomic mass is 9.87. The molecule has 1 saturated heterocycles. The molecular formula is C11H22N2O. The van der Waals surface area contributed by atoms with E-state index in [9.17, 15) is 4.79 Å². The van der Waals surface area contributed by atoms with Gasteiger partial charge in [0.05, 0.1) is 0 Å². The maximum Gasteiger partial charge on any atom is 0.222 e. The van der Waals surface area contributed by atoms with E-state index >= 15 is 0 Å². The smallest absolute Gasteiger partial charge is 0.222 e. The molecule has 0 spiro atoms. The molecule has 0 aromatic carbocycles. The van der Waals surface area contributed by atoms with Crippen LogP contribution in [0.2, 0.25) is 0 Å². The molecule has 0 radical (unpaired) electrons. The van der Waals surface area contributed by atoms with E-state index < -0.39 is 0 Å². The SMILES string of the molecule is CC(N)CN1CC(C(C)C)CCC1=O. The lowest BCUT2D eigenvalue weighted by molar-refractivity contribution is -0.135. The van der Waals surface area contributed by atoms with Gasteiger partial charge in [0, 0.05) is 25.6 Å². The van der Waals surface area contributed by atoms with Crippen LogP contribution in [0.4, 0.5) is 0 Å². The Labute approximate surface area is 86.6 Å². The van der Waals surface area contributed by atoms with Crippen molar-refractivity contribution >= 4 is 5.91 Å². The molecule has 82 valence electrons. The number of nitrogens with zero attached hydrogens (tertiary/aromatic N) is 1. The van der Waals surface area contributed by atoms with E-state index in [0.29, 0.717) is 24.8 Å². The van der Waals surface area contributed by atoms with Crippen LogP contribution < -0.4 is 5.73 Å². The van der Waals surface area contributed by atoms with Crippen LogP contribution in [0.25, 0.3) is 0 Å². The molecule has 0 aromatic heterocycles. The summed E-state index contributed by atoms with van der Waals surface area (Å²) in [6.07, 6.45) is 1.75. The van der Waals surface area contributed by atoms with E-state index in [4.69, 9.17) is 5.73 Å². The summed E-state index contributed by atoms with van der Waals surface area (Å²) >= 11 is 0. The predicted octanol–water partition coefficient (Wildman–Crippen LogP) is 1.23. The van der Waals surface area contributed by atoms with E-state index in [0.717, 1.165) is 13.0 Å². The fourth-order valence-electron chi connectivity index (χ4n) is 2.01. The second-order valence-corrected chi connectivity index (χ2v) is 4.82. The van der Waals surface area contributed by atoms with Crippen LogP contribution in [-0.2, 0) is 4.79 Å². The summed E-state index contributed by atoms with van der Waals surface area (Å²) in [6.45, 7) is 8.02. The van der Waals surface area contributed by atoms with Crippen molar-refractivity contribution in [3.05, 3.63) is 0 Å². The van der Waals surface area contributed by atoms with Crippen molar-refractivity contribution in [2.75, 3.05) is 13.1 Å². The maximum absolute atomic E-state index is 11.6. The zero-order chi connectivity index (χ0) is 10.7. The second-order valence-electron chi connectivity index (χ2n) is 4.82. The summed E-state index contributed by atoms with van der Waals surface area (Å²) in [7, 11) is 0. The number of amides is 1. The molecule has 1 fully saturated rings. The lowest BCUT2D eigenvalue weighted by Gasteiger charge is -2.35. The summed E-state index contributed by atoms with van der Waals surface area (Å²) in [5.41, 5.74) is 5.71. The lowest BCUT2D eigenvalue weighted by Crippen LogP contribution is -2.46. The molecule has 2 N–H and O–H groups in total. The molecule has 1 aliphatic heterocycles. The largest absolute Gasteiger partial charge is 0.341 e. The van der Waals surface area contributed by atoms with Crippen LogP contribution in [0.1, 0.15) is 33.6 Å². The monoisotopic (exact) mass is 198 g/mol. The first kappa shape index (κ1) is 11.5. The van der Waals surface area contributed by atoms with Crippen molar-refractivity contribution in [2.45, 2.75) is 39.7 Å². The number of hydrogen-bond acceptors (Lipinski definition) is 2. The van der Waals surface area contributed by atoms with Crippen LogP contribution in [0.15, 0.2) is 0 Å². The molecule has 2 unspecified atom stereocenters. The van der Waals surface area contributed by atoms with Gasteiger partial charge in [-0.2, -0.15) is 0 Å². The highest BCUT2D eigenvalue weighted by Crippen LogP contribution is 2.24. The van der Waals surface area contributed by atoms with Crippen LogP contribution in [0, 0.1) is 11.8 Å². The van der Waals surface area contributed by atoms with Gasteiger partial charge < -0.3 is 10.6 Å². The number of hydrogen-bond donors (Lipinski definition) is 1. The minimum absolute atomic E-state index is 0.0878. The zero-order valence-corrected chi connectivity index (χ0v) is 9.49. The van der Waals surface area contributed by atoms with Gasteiger partial charge in [-0.1, -0.05) is 13.8 Å². The number of rotatable bonds is 3. The second kappa shape index (κ2) is 4.78. The van der Waals surface area contributed by atoms with Crippen molar-refractivity contribution in [2.24, 2.45) is 17.6 Å². The van der Waals surface area contributed by atoms with Gasteiger partial charge in [-0.3, -0.25) is 4.79 Å². The van der Waals surface area contributed by atoms with Gasteiger partial charge in [0.25, 0.3) is 0 Å². The van der Waals surface area contributed by atoms with E-state index in [-0.39, 0.29) is 11.9 Å². The molecule has 0 bridgehead atoms. The van der Waals surface area contributed by atoms with E-state index in [1.807, 2.05) is 11.8 Å². The minimum Gasteiger partial charge on any atom is -0.341 e. The molecule has 1 rings (SSSR count). The Morgan fingerprint density at radius 2 is 2.14 bits per heavy atom. The first-order valence-corrected chi connectivity index (χ1v) is 5.54. The highest BCUT2D eigenvalue weighted by atomic mass is 16.2. The molecule has 3 heteroatoms. The summed E-state index contributed by atoms with van der Waals surface area (Å²) in [4.78, 5) is 13.5. The number of piperidine rings is 1. The third kappa shape index (κ3) is 2.98. The first-order chi connectivity index (χ1) is 6.50. The Bertz CT molecular complexity index is 201. The average molecular weight is 198 g/mol. The van der Waals surface area contributed by atoms with Crippen LogP contribution in [-0.4, -0.2) is 29.9 Å². The summed E-state index contributed by atoms with van der Waals surface area (Å²) in [5.74, 6) is 1.60. The standard InChI is InChI=1S/C11H22N2O/c1-8(2)10-4-5-11(14)13(7-10)6-9(3)12/h8-10H,4-7,12H2,1-3H3. The van der Waals surface area contributed by atoms with Crippen molar-refractivity contribution in [1.29, 1.82) is 0 Å². The molecular weight excluding hydrogens is 176 g/mol. The molecule has 0 aliphatic carbocycles. The molecule has 0 saturated carbocycles. The maximum atomic E-state index is 11.6. The topological polar surface area (TPSA) is 46.3 Å². The Kier molecular flexibility index (Phi) is 3.93. The molecule has 1 amide bonds. The molecule has 3 nitrogen and oxygen atoms in total. The fraction of sp³-hybridized carbons (Fsp3) is 0.909. The number of likely N-dealkylation sites (tertiary alicyclic amines) is 1. The van der Waals surface area contributed by atoms with Crippen LogP contribution >= 0.6 is 0 Å². The number of nitrogens with two attached hydrogens (primary N) is 1. The van der Waals surface area contributed by atoms with Crippen LogP contribution in [0.3, 0.4) is 0 Å². The molecule has 2 atom stereocenters. The Hall–Kier alpha value is -0.570. The predicted molar refractivity (Wildman–Crippen MR) is 57.8 cm³/mol. The molecule has 14 heavy (non-hydrogen) atoms. The van der Waals surface area contributed by atoms with E-state index in [1.165, 1.54) is 0 Å². The highest BCUT2D eigenvalue weighted by molar-refractivity contribution is 5.77. The van der Waals surface area contributed by atoms with Crippen molar-refractivity contribution in [3.63, 3.8) is 0 Å². The molecule has 0 aromatic rings. The quantitative estimate of drug-likeness (QED) is 0.741. The van der Waals surface area contributed by atoms with Crippen LogP contribution in [0.5, 0.6) is 0 Å². The normalized spacial score (nSPS) is 25.6. The summed E-state index contributed by atoms with van der Waals surface area (Å²) in [5, 5.41) is 0. The summed E-state index contributed by atoms with van der Waals surface area (Å²) in [6, 6.07) is 0.0878. The van der Waals surface area contributed by atoms with Crippen molar-refractivity contribution < 1.29 is 4.79 Å². The third-order valence-electron chi connectivity index (χ3n) is 2.99. The minimum atomic E-state index is 0.0878.